The third kappa shape index (κ3) is 1.29. The highest BCUT2D eigenvalue weighted by Gasteiger charge is 2.01. The average molecular weight is 126 g/mol. The van der Waals surface area contributed by atoms with Crippen molar-refractivity contribution in [2.24, 2.45) is 7.05 Å². The number of aryl methyl sites for hydroxylation is 1. The van der Waals surface area contributed by atoms with Gasteiger partial charge in [-0.1, -0.05) is 0 Å². The molecule has 0 aliphatic heterocycles. The van der Waals surface area contributed by atoms with Gasteiger partial charge in [0.25, 0.3) is 0 Å². The molecule has 1 aromatic rings. The van der Waals surface area contributed by atoms with Crippen LogP contribution in [-0.2, 0) is 7.05 Å². The molecular weight excluding hydrogens is 116 g/mol. The third-order valence-electron chi connectivity index (χ3n) is 1.16. The quantitative estimate of drug-likeness (QED) is 0.594. The van der Waals surface area contributed by atoms with Crippen LogP contribution in [0.3, 0.4) is 0 Å². The van der Waals surface area contributed by atoms with Gasteiger partial charge in [-0.15, -0.1) is 0 Å². The van der Waals surface area contributed by atoms with Gasteiger partial charge in [-0.3, -0.25) is 4.68 Å². The molecule has 0 aliphatic carbocycles. The Hall–Kier alpha value is -0.830. The van der Waals surface area contributed by atoms with Crippen molar-refractivity contribution in [3.05, 3.63) is 18.0 Å². The molecule has 0 aromatic carbocycles. The molecule has 0 saturated carbocycles. The van der Waals surface area contributed by atoms with Crippen LogP contribution in [0, 0.1) is 0 Å². The molecule has 0 bridgehead atoms. The molecule has 0 amide bonds. The molecular formula is C6H10N2O. The minimum Gasteiger partial charge on any atom is -0.387 e. The Bertz CT molecular complexity index is 193. The summed E-state index contributed by atoms with van der Waals surface area (Å²) < 4.78 is 1.67. The zero-order valence-electron chi connectivity index (χ0n) is 5.57. The fourth-order valence-corrected chi connectivity index (χ4v) is 0.656. The Labute approximate surface area is 53.9 Å². The predicted octanol–water partition coefficient (Wildman–Crippen LogP) is 0.473. The van der Waals surface area contributed by atoms with Gasteiger partial charge in [0.2, 0.25) is 0 Å². The third-order valence-corrected chi connectivity index (χ3v) is 1.16. The molecule has 1 atom stereocenters. The fourth-order valence-electron chi connectivity index (χ4n) is 0.656. The Morgan fingerprint density at radius 3 is 2.67 bits per heavy atom. The summed E-state index contributed by atoms with van der Waals surface area (Å²) in [6.07, 6.45) is 1.35. The summed E-state index contributed by atoms with van der Waals surface area (Å²) >= 11 is 0. The first-order valence-corrected chi connectivity index (χ1v) is 2.88. The highest BCUT2D eigenvalue weighted by atomic mass is 16.3. The van der Waals surface area contributed by atoms with Crippen LogP contribution in [0.1, 0.15) is 18.7 Å². The van der Waals surface area contributed by atoms with Gasteiger partial charge in [0.05, 0.1) is 11.8 Å². The molecule has 0 unspecified atom stereocenters. The van der Waals surface area contributed by atoms with Gasteiger partial charge in [-0.25, -0.2) is 0 Å². The van der Waals surface area contributed by atoms with Crippen molar-refractivity contribution in [3.63, 3.8) is 0 Å². The van der Waals surface area contributed by atoms with E-state index >= 15 is 0 Å². The average Bonchev–Trinajstić information content (AvgIpc) is 2.14. The summed E-state index contributed by atoms with van der Waals surface area (Å²) in [6, 6.07) is 1.80. The van der Waals surface area contributed by atoms with Gasteiger partial charge in [0, 0.05) is 13.2 Å². The van der Waals surface area contributed by atoms with Crippen LogP contribution in [0.25, 0.3) is 0 Å². The van der Waals surface area contributed by atoms with Gasteiger partial charge in [-0.2, -0.15) is 5.10 Å². The standard InChI is InChI=1S/C6H10N2O/c1-5(9)6-3-4-8(2)7-6/h3-5,9H,1-2H3/t5-/m1/s1. The van der Waals surface area contributed by atoms with E-state index in [0.29, 0.717) is 0 Å². The van der Waals surface area contributed by atoms with Crippen LogP contribution >= 0.6 is 0 Å². The normalized spacial score (nSPS) is 13.7. The minimum atomic E-state index is -0.453. The molecule has 3 heteroatoms. The van der Waals surface area contributed by atoms with Crippen LogP contribution in [0.15, 0.2) is 12.3 Å². The number of nitrogens with zero attached hydrogens (tertiary/aromatic N) is 2. The van der Waals surface area contributed by atoms with Gasteiger partial charge < -0.3 is 5.11 Å². The number of aliphatic hydroxyl groups excluding tert-OH is 1. The Morgan fingerprint density at radius 1 is 1.78 bits per heavy atom. The van der Waals surface area contributed by atoms with Crippen LogP contribution in [0.4, 0.5) is 0 Å². The molecule has 1 rings (SSSR count). The SMILES string of the molecule is C[C@@H](O)c1ccn(C)n1. The molecule has 0 radical (unpaired) electrons. The lowest BCUT2D eigenvalue weighted by Gasteiger charge is -1.95. The van der Waals surface area contributed by atoms with E-state index in [1.54, 1.807) is 17.7 Å². The van der Waals surface area contributed by atoms with Crippen molar-refractivity contribution >= 4 is 0 Å². The highest BCUT2D eigenvalue weighted by molar-refractivity contribution is 5.00. The van der Waals surface area contributed by atoms with Crippen molar-refractivity contribution in [1.29, 1.82) is 0 Å². The number of rotatable bonds is 1. The molecule has 9 heavy (non-hydrogen) atoms. The van der Waals surface area contributed by atoms with Crippen LogP contribution in [0.2, 0.25) is 0 Å². The summed E-state index contributed by atoms with van der Waals surface area (Å²) in [5, 5.41) is 12.9. The van der Waals surface area contributed by atoms with Crippen molar-refractivity contribution in [2.75, 3.05) is 0 Å². The lowest BCUT2D eigenvalue weighted by molar-refractivity contribution is 0.193. The molecule has 0 spiro atoms. The van der Waals surface area contributed by atoms with Crippen molar-refractivity contribution in [2.45, 2.75) is 13.0 Å². The maximum atomic E-state index is 8.96. The van der Waals surface area contributed by atoms with E-state index in [1.165, 1.54) is 0 Å². The topological polar surface area (TPSA) is 38.0 Å². The molecule has 1 aromatic heterocycles. The van der Waals surface area contributed by atoms with Crippen LogP contribution in [-0.4, -0.2) is 14.9 Å². The van der Waals surface area contributed by atoms with E-state index in [4.69, 9.17) is 5.11 Å². The monoisotopic (exact) mass is 126 g/mol. The first-order valence-electron chi connectivity index (χ1n) is 2.88. The van der Waals surface area contributed by atoms with Crippen LogP contribution < -0.4 is 0 Å². The fraction of sp³-hybridized carbons (Fsp3) is 0.500. The zero-order chi connectivity index (χ0) is 6.85. The Kier molecular flexibility index (Phi) is 1.53. The first kappa shape index (κ1) is 6.29. The molecule has 0 fully saturated rings. The van der Waals surface area contributed by atoms with Gasteiger partial charge in [-0.05, 0) is 13.0 Å². The molecule has 3 nitrogen and oxygen atoms in total. The van der Waals surface area contributed by atoms with Crippen LogP contribution in [0.5, 0.6) is 0 Å². The van der Waals surface area contributed by atoms with E-state index in [-0.39, 0.29) is 0 Å². The van der Waals surface area contributed by atoms with E-state index in [0.717, 1.165) is 5.69 Å². The van der Waals surface area contributed by atoms with E-state index in [1.807, 2.05) is 13.2 Å². The summed E-state index contributed by atoms with van der Waals surface area (Å²) in [5.74, 6) is 0. The highest BCUT2D eigenvalue weighted by Crippen LogP contribution is 2.06. The second kappa shape index (κ2) is 2.19. The summed E-state index contributed by atoms with van der Waals surface area (Å²) in [7, 11) is 1.83. The summed E-state index contributed by atoms with van der Waals surface area (Å²) in [5.41, 5.74) is 0.720. The second-order valence-electron chi connectivity index (χ2n) is 2.09. The second-order valence-corrected chi connectivity index (χ2v) is 2.09. The maximum absolute atomic E-state index is 8.96. The Morgan fingerprint density at radius 2 is 2.44 bits per heavy atom. The number of hydrogen-bond donors (Lipinski definition) is 1. The lowest BCUT2D eigenvalue weighted by atomic mass is 10.3. The molecule has 0 aliphatic rings. The number of aliphatic hydroxyl groups is 1. The summed E-state index contributed by atoms with van der Waals surface area (Å²) in [6.45, 7) is 1.70. The van der Waals surface area contributed by atoms with Gasteiger partial charge in [0.15, 0.2) is 0 Å². The molecule has 50 valence electrons. The maximum Gasteiger partial charge on any atom is 0.0950 e. The predicted molar refractivity (Wildman–Crippen MR) is 33.8 cm³/mol. The van der Waals surface area contributed by atoms with E-state index < -0.39 is 6.10 Å². The van der Waals surface area contributed by atoms with Crippen molar-refractivity contribution in [1.82, 2.24) is 9.78 Å². The van der Waals surface area contributed by atoms with Crippen molar-refractivity contribution in [3.8, 4) is 0 Å². The Balaban J connectivity index is 2.85. The molecule has 0 saturated heterocycles. The van der Waals surface area contributed by atoms with Crippen molar-refractivity contribution < 1.29 is 5.11 Å². The lowest BCUT2D eigenvalue weighted by Crippen LogP contribution is -1.94. The minimum absolute atomic E-state index is 0.453. The number of aromatic nitrogens is 2. The van der Waals surface area contributed by atoms with E-state index in [9.17, 15) is 0 Å². The van der Waals surface area contributed by atoms with Gasteiger partial charge >= 0.3 is 0 Å². The zero-order valence-corrected chi connectivity index (χ0v) is 5.57. The van der Waals surface area contributed by atoms with Gasteiger partial charge in [0.1, 0.15) is 0 Å². The molecule has 1 heterocycles. The summed E-state index contributed by atoms with van der Waals surface area (Å²) in [4.78, 5) is 0. The smallest absolute Gasteiger partial charge is 0.0950 e. The number of hydrogen-bond acceptors (Lipinski definition) is 2. The molecule has 1 N–H and O–H groups in total. The largest absolute Gasteiger partial charge is 0.387 e. The van der Waals surface area contributed by atoms with E-state index in [2.05, 4.69) is 5.10 Å². The first-order chi connectivity index (χ1) is 4.20.